The van der Waals surface area contributed by atoms with E-state index in [0.717, 1.165) is 0 Å². The van der Waals surface area contributed by atoms with E-state index in [2.05, 4.69) is 4.99 Å². The van der Waals surface area contributed by atoms with Crippen LogP contribution >= 0.6 is 22.9 Å². The van der Waals surface area contributed by atoms with Crippen LogP contribution in [0.5, 0.6) is 5.75 Å². The van der Waals surface area contributed by atoms with Crippen LogP contribution in [0, 0.1) is 0 Å². The van der Waals surface area contributed by atoms with Crippen LogP contribution in [0.15, 0.2) is 69.6 Å². The number of carbonyl (C=O) groups excluding carboxylic acids is 2. The number of allylic oxidation sites excluding steroid dienone is 1. The highest BCUT2D eigenvalue weighted by molar-refractivity contribution is 7.07. The van der Waals surface area contributed by atoms with Crippen LogP contribution in [0.3, 0.4) is 0 Å². The highest BCUT2D eigenvalue weighted by atomic mass is 35.5. The Bertz CT molecular complexity index is 1500. The van der Waals surface area contributed by atoms with Crippen LogP contribution in [-0.2, 0) is 14.3 Å². The van der Waals surface area contributed by atoms with Gasteiger partial charge in [-0.3, -0.25) is 14.2 Å². The standard InChI is InChI=1S/C25H21ClN2O5S/c1-4-32-24(31)21-14(2)27-25-28(22(21)17-10-6-7-11-18(17)26)23(30)20(34-25)13-16-9-5-8-12-19(16)33-15(3)29/h5-13,22H,4H2,1-3H3. The van der Waals surface area contributed by atoms with E-state index >= 15 is 0 Å². The third kappa shape index (κ3) is 4.47. The van der Waals surface area contributed by atoms with E-state index in [9.17, 15) is 14.4 Å². The van der Waals surface area contributed by atoms with Crippen molar-refractivity contribution in [1.29, 1.82) is 0 Å². The molecule has 2 aromatic carbocycles. The van der Waals surface area contributed by atoms with Gasteiger partial charge in [0.2, 0.25) is 0 Å². The molecule has 0 aliphatic carbocycles. The van der Waals surface area contributed by atoms with Gasteiger partial charge in [0.1, 0.15) is 11.8 Å². The first-order valence-electron chi connectivity index (χ1n) is 10.5. The Hall–Kier alpha value is -3.49. The molecule has 7 nitrogen and oxygen atoms in total. The number of thiazole rings is 1. The van der Waals surface area contributed by atoms with E-state index < -0.39 is 18.0 Å². The number of ether oxygens (including phenoxy) is 2. The molecule has 174 valence electrons. The molecule has 0 N–H and O–H groups in total. The quantitative estimate of drug-likeness (QED) is 0.399. The van der Waals surface area contributed by atoms with Crippen molar-refractivity contribution in [1.82, 2.24) is 4.57 Å². The molecular weight excluding hydrogens is 476 g/mol. The number of aromatic nitrogens is 1. The summed E-state index contributed by atoms with van der Waals surface area (Å²) in [6, 6.07) is 13.2. The molecular formula is C25H21ClN2O5S. The number of halogens is 1. The Kier molecular flexibility index (Phi) is 6.81. The van der Waals surface area contributed by atoms with Crippen LogP contribution < -0.4 is 19.6 Å². The van der Waals surface area contributed by atoms with E-state index in [1.54, 1.807) is 68.5 Å². The molecule has 3 aromatic rings. The molecule has 0 saturated heterocycles. The van der Waals surface area contributed by atoms with Crippen molar-refractivity contribution in [2.45, 2.75) is 26.8 Å². The molecule has 1 aliphatic rings. The smallest absolute Gasteiger partial charge is 0.338 e. The van der Waals surface area contributed by atoms with Gasteiger partial charge >= 0.3 is 11.9 Å². The molecule has 0 amide bonds. The van der Waals surface area contributed by atoms with Crippen LogP contribution in [0.1, 0.15) is 37.9 Å². The number of benzene rings is 2. The number of fused-ring (bicyclic) bond motifs is 1. The van der Waals surface area contributed by atoms with E-state index in [4.69, 9.17) is 21.1 Å². The Morgan fingerprint density at radius 1 is 1.18 bits per heavy atom. The summed E-state index contributed by atoms with van der Waals surface area (Å²) >= 11 is 7.68. The van der Waals surface area contributed by atoms with Crippen molar-refractivity contribution in [2.75, 3.05) is 6.61 Å². The summed E-state index contributed by atoms with van der Waals surface area (Å²) in [6.45, 7) is 4.92. The number of carbonyl (C=O) groups is 2. The number of para-hydroxylation sites is 1. The van der Waals surface area contributed by atoms with Gasteiger partial charge in [-0.05, 0) is 37.6 Å². The topological polar surface area (TPSA) is 87.0 Å². The molecule has 4 rings (SSSR count). The zero-order valence-corrected chi connectivity index (χ0v) is 20.3. The van der Waals surface area contributed by atoms with Crippen molar-refractivity contribution < 1.29 is 19.1 Å². The molecule has 1 aromatic heterocycles. The third-order valence-electron chi connectivity index (χ3n) is 5.18. The minimum Gasteiger partial charge on any atom is -0.463 e. The summed E-state index contributed by atoms with van der Waals surface area (Å²) in [6.07, 6.45) is 1.65. The summed E-state index contributed by atoms with van der Waals surface area (Å²) in [4.78, 5) is 43.0. The first-order chi connectivity index (χ1) is 16.3. The molecule has 1 atom stereocenters. The van der Waals surface area contributed by atoms with E-state index in [0.29, 0.717) is 36.9 Å². The van der Waals surface area contributed by atoms with Crippen molar-refractivity contribution in [2.24, 2.45) is 4.99 Å². The maximum Gasteiger partial charge on any atom is 0.338 e. The molecule has 0 bridgehead atoms. The Balaban J connectivity index is 1.97. The van der Waals surface area contributed by atoms with Crippen molar-refractivity contribution in [3.8, 4) is 5.75 Å². The minimum atomic E-state index is -0.796. The van der Waals surface area contributed by atoms with Gasteiger partial charge in [-0.1, -0.05) is 59.3 Å². The molecule has 0 saturated carbocycles. The fraction of sp³-hybridized carbons (Fsp3) is 0.200. The molecule has 9 heteroatoms. The zero-order valence-electron chi connectivity index (χ0n) is 18.7. The highest BCUT2D eigenvalue weighted by Crippen LogP contribution is 2.34. The fourth-order valence-corrected chi connectivity index (χ4v) is 5.05. The molecule has 0 radical (unpaired) electrons. The third-order valence-corrected chi connectivity index (χ3v) is 6.50. The van der Waals surface area contributed by atoms with Gasteiger partial charge in [0.25, 0.3) is 5.56 Å². The monoisotopic (exact) mass is 496 g/mol. The van der Waals surface area contributed by atoms with E-state index in [1.165, 1.54) is 22.8 Å². The Morgan fingerprint density at radius 2 is 1.88 bits per heavy atom. The van der Waals surface area contributed by atoms with Crippen LogP contribution in [0.2, 0.25) is 5.02 Å². The molecule has 1 aliphatic heterocycles. The lowest BCUT2D eigenvalue weighted by molar-refractivity contribution is -0.139. The second-order valence-electron chi connectivity index (χ2n) is 7.46. The maximum absolute atomic E-state index is 13.6. The number of rotatable bonds is 5. The lowest BCUT2D eigenvalue weighted by atomic mass is 9.96. The van der Waals surface area contributed by atoms with Gasteiger partial charge in [0.05, 0.1) is 22.4 Å². The van der Waals surface area contributed by atoms with Gasteiger partial charge < -0.3 is 9.47 Å². The summed E-state index contributed by atoms with van der Waals surface area (Å²) in [5, 5.41) is 0.416. The van der Waals surface area contributed by atoms with Crippen molar-refractivity contribution in [3.63, 3.8) is 0 Å². The van der Waals surface area contributed by atoms with Gasteiger partial charge in [0.15, 0.2) is 4.80 Å². The number of esters is 2. The summed E-state index contributed by atoms with van der Waals surface area (Å²) in [5.74, 6) is -0.675. The molecule has 34 heavy (non-hydrogen) atoms. The highest BCUT2D eigenvalue weighted by Gasteiger charge is 2.34. The Morgan fingerprint density at radius 3 is 2.59 bits per heavy atom. The summed E-state index contributed by atoms with van der Waals surface area (Å²) in [7, 11) is 0. The lowest BCUT2D eigenvalue weighted by Gasteiger charge is -2.25. The van der Waals surface area contributed by atoms with Crippen LogP contribution in [0.25, 0.3) is 6.08 Å². The molecule has 0 spiro atoms. The molecule has 2 heterocycles. The zero-order chi connectivity index (χ0) is 24.4. The SMILES string of the molecule is CCOC(=O)C1=C(C)N=c2sc(=Cc3ccccc3OC(C)=O)c(=O)n2C1c1ccccc1Cl. The van der Waals surface area contributed by atoms with Gasteiger partial charge in [-0.15, -0.1) is 0 Å². The fourth-order valence-electron chi connectivity index (χ4n) is 3.77. The van der Waals surface area contributed by atoms with Crippen LogP contribution in [0.4, 0.5) is 0 Å². The summed E-state index contributed by atoms with van der Waals surface area (Å²) < 4.78 is 12.4. The second kappa shape index (κ2) is 9.79. The predicted molar refractivity (Wildman–Crippen MR) is 130 cm³/mol. The van der Waals surface area contributed by atoms with Gasteiger partial charge in [-0.25, -0.2) is 9.79 Å². The molecule has 0 fully saturated rings. The first kappa shape index (κ1) is 23.7. The lowest BCUT2D eigenvalue weighted by Crippen LogP contribution is -2.40. The minimum absolute atomic E-state index is 0.183. The average molecular weight is 497 g/mol. The van der Waals surface area contributed by atoms with E-state index in [1.807, 2.05) is 0 Å². The van der Waals surface area contributed by atoms with Crippen molar-refractivity contribution >= 4 is 41.0 Å². The van der Waals surface area contributed by atoms with Gasteiger partial charge in [0, 0.05) is 17.5 Å². The van der Waals surface area contributed by atoms with Crippen molar-refractivity contribution in [3.05, 3.63) is 95.6 Å². The normalized spacial score (nSPS) is 15.5. The molecule has 1 unspecified atom stereocenters. The Labute approximate surface area is 204 Å². The van der Waals surface area contributed by atoms with E-state index in [-0.39, 0.29) is 17.7 Å². The number of nitrogens with zero attached hydrogens (tertiary/aromatic N) is 2. The largest absolute Gasteiger partial charge is 0.463 e. The maximum atomic E-state index is 13.6. The van der Waals surface area contributed by atoms with Gasteiger partial charge in [-0.2, -0.15) is 0 Å². The average Bonchev–Trinajstić information content (AvgIpc) is 3.09. The number of hydrogen-bond acceptors (Lipinski definition) is 7. The van der Waals surface area contributed by atoms with Crippen LogP contribution in [-0.4, -0.2) is 23.1 Å². The first-order valence-corrected chi connectivity index (χ1v) is 11.7. The predicted octanol–water partition coefficient (Wildman–Crippen LogP) is 3.38. The second-order valence-corrected chi connectivity index (χ2v) is 8.87. The number of hydrogen-bond donors (Lipinski definition) is 0. The summed E-state index contributed by atoms with van der Waals surface area (Å²) in [5.41, 5.74) is 1.53.